The van der Waals surface area contributed by atoms with Gasteiger partial charge in [0.1, 0.15) is 16.7 Å². The SMILES string of the molecule is C/C=C/c1ccc2c(c1)O[C@H](CN(C)Cc1ccc(C(=O)O)cc1)[C@@H](C)CN([C@@H](C)CO)S2(=O)=O. The van der Waals surface area contributed by atoms with Gasteiger partial charge in [0.05, 0.1) is 12.2 Å². The van der Waals surface area contributed by atoms with Crippen molar-refractivity contribution in [1.82, 2.24) is 9.21 Å². The van der Waals surface area contributed by atoms with Crippen LogP contribution in [-0.2, 0) is 16.6 Å². The Hall–Kier alpha value is -2.72. The molecule has 1 aliphatic heterocycles. The van der Waals surface area contributed by atoms with Crippen LogP contribution >= 0.6 is 0 Å². The van der Waals surface area contributed by atoms with Crippen molar-refractivity contribution >= 4 is 22.1 Å². The van der Waals surface area contributed by atoms with Crippen LogP contribution in [0.15, 0.2) is 53.4 Å². The third-order valence-electron chi connectivity index (χ3n) is 6.20. The number of aromatic carboxylic acids is 1. The zero-order chi connectivity index (χ0) is 25.8. The molecular formula is C26H34N2O6S. The van der Waals surface area contributed by atoms with Gasteiger partial charge in [-0.15, -0.1) is 0 Å². The van der Waals surface area contributed by atoms with E-state index in [1.807, 2.05) is 33.0 Å². The van der Waals surface area contributed by atoms with E-state index in [0.717, 1.165) is 11.1 Å². The van der Waals surface area contributed by atoms with Crippen LogP contribution in [0.1, 0.15) is 42.3 Å². The van der Waals surface area contributed by atoms with Crippen molar-refractivity contribution in [2.24, 2.45) is 5.92 Å². The van der Waals surface area contributed by atoms with E-state index in [0.29, 0.717) is 18.8 Å². The predicted octanol–water partition coefficient (Wildman–Crippen LogP) is 3.32. The fourth-order valence-electron chi connectivity index (χ4n) is 4.19. The van der Waals surface area contributed by atoms with Gasteiger partial charge in [-0.05, 0) is 56.3 Å². The Morgan fingerprint density at radius 2 is 1.94 bits per heavy atom. The summed E-state index contributed by atoms with van der Waals surface area (Å²) in [6.45, 7) is 6.57. The zero-order valence-electron chi connectivity index (χ0n) is 20.6. The van der Waals surface area contributed by atoms with E-state index in [-0.39, 0.29) is 35.6 Å². The second-order valence-electron chi connectivity index (χ2n) is 9.14. The molecule has 0 saturated carbocycles. The van der Waals surface area contributed by atoms with Crippen LogP contribution in [0.25, 0.3) is 6.08 Å². The molecule has 0 spiro atoms. The van der Waals surface area contributed by atoms with Crippen LogP contribution in [-0.4, -0.2) is 72.7 Å². The summed E-state index contributed by atoms with van der Waals surface area (Å²) in [5.41, 5.74) is 2.04. The maximum Gasteiger partial charge on any atom is 0.335 e. The summed E-state index contributed by atoms with van der Waals surface area (Å²) in [6.07, 6.45) is 3.44. The summed E-state index contributed by atoms with van der Waals surface area (Å²) in [5, 5.41) is 18.9. The molecule has 0 amide bonds. The van der Waals surface area contributed by atoms with Crippen molar-refractivity contribution in [3.8, 4) is 5.75 Å². The highest BCUT2D eigenvalue weighted by Crippen LogP contribution is 2.34. The Bertz CT molecular complexity index is 1160. The van der Waals surface area contributed by atoms with Gasteiger partial charge in [-0.3, -0.25) is 4.90 Å². The number of carboxylic acid groups (broad SMARTS) is 1. The highest BCUT2D eigenvalue weighted by Gasteiger charge is 2.38. The lowest BCUT2D eigenvalue weighted by atomic mass is 10.0. The van der Waals surface area contributed by atoms with Gasteiger partial charge in [0.2, 0.25) is 10.0 Å². The number of allylic oxidation sites excluding steroid dienone is 1. The molecule has 9 heteroatoms. The van der Waals surface area contributed by atoms with Crippen molar-refractivity contribution in [3.05, 3.63) is 65.2 Å². The average molecular weight is 503 g/mol. The number of fused-ring (bicyclic) bond motifs is 1. The molecule has 35 heavy (non-hydrogen) atoms. The van der Waals surface area contributed by atoms with Gasteiger partial charge < -0.3 is 14.9 Å². The largest absolute Gasteiger partial charge is 0.487 e. The van der Waals surface area contributed by atoms with Crippen molar-refractivity contribution < 1.29 is 28.2 Å². The summed E-state index contributed by atoms with van der Waals surface area (Å²) < 4.78 is 34.7. The summed E-state index contributed by atoms with van der Waals surface area (Å²) >= 11 is 0. The van der Waals surface area contributed by atoms with Crippen molar-refractivity contribution in [2.45, 2.75) is 44.4 Å². The first-order chi connectivity index (χ1) is 16.6. The molecule has 0 saturated heterocycles. The van der Waals surface area contributed by atoms with Crippen LogP contribution in [0.3, 0.4) is 0 Å². The number of likely N-dealkylation sites (N-methyl/N-ethyl adjacent to an activating group) is 1. The van der Waals surface area contributed by atoms with Gasteiger partial charge >= 0.3 is 5.97 Å². The number of carboxylic acids is 1. The zero-order valence-corrected chi connectivity index (χ0v) is 21.4. The average Bonchev–Trinajstić information content (AvgIpc) is 2.81. The Balaban J connectivity index is 1.91. The Morgan fingerprint density at radius 3 is 2.54 bits per heavy atom. The summed E-state index contributed by atoms with van der Waals surface area (Å²) in [5.74, 6) is -0.824. The summed E-state index contributed by atoms with van der Waals surface area (Å²) in [6, 6.07) is 11.2. The minimum atomic E-state index is -3.87. The molecule has 0 radical (unpaired) electrons. The Labute approximate surface area is 207 Å². The van der Waals surface area contributed by atoms with E-state index in [4.69, 9.17) is 9.84 Å². The van der Waals surface area contributed by atoms with Gasteiger partial charge in [-0.25, -0.2) is 13.2 Å². The number of aliphatic hydroxyl groups excluding tert-OH is 1. The topological polar surface area (TPSA) is 107 Å². The summed E-state index contributed by atoms with van der Waals surface area (Å²) in [7, 11) is -1.92. The van der Waals surface area contributed by atoms with Crippen LogP contribution in [0.4, 0.5) is 0 Å². The van der Waals surface area contributed by atoms with Gasteiger partial charge in [-0.2, -0.15) is 4.31 Å². The molecule has 1 heterocycles. The molecule has 2 N–H and O–H groups in total. The molecule has 3 rings (SSSR count). The second-order valence-corrected chi connectivity index (χ2v) is 11.0. The minimum absolute atomic E-state index is 0.0925. The van der Waals surface area contributed by atoms with Crippen LogP contribution in [0.5, 0.6) is 5.75 Å². The first kappa shape index (κ1) is 26.9. The molecule has 190 valence electrons. The monoisotopic (exact) mass is 502 g/mol. The van der Waals surface area contributed by atoms with E-state index < -0.39 is 22.0 Å². The molecule has 2 aromatic carbocycles. The van der Waals surface area contributed by atoms with Crippen molar-refractivity contribution in [1.29, 1.82) is 0 Å². The smallest absolute Gasteiger partial charge is 0.335 e. The number of nitrogens with zero attached hydrogens (tertiary/aromatic N) is 2. The van der Waals surface area contributed by atoms with E-state index in [1.54, 1.807) is 49.4 Å². The first-order valence-electron chi connectivity index (χ1n) is 11.6. The van der Waals surface area contributed by atoms with Crippen LogP contribution < -0.4 is 4.74 Å². The molecule has 0 bridgehead atoms. The molecular weight excluding hydrogens is 468 g/mol. The van der Waals surface area contributed by atoms with E-state index in [2.05, 4.69) is 4.90 Å². The number of ether oxygens (including phenoxy) is 1. The van der Waals surface area contributed by atoms with Gasteiger partial charge in [0, 0.05) is 31.6 Å². The highest BCUT2D eigenvalue weighted by molar-refractivity contribution is 7.89. The molecule has 0 aromatic heterocycles. The molecule has 8 nitrogen and oxygen atoms in total. The number of carbonyl (C=O) groups is 1. The van der Waals surface area contributed by atoms with Crippen LogP contribution in [0.2, 0.25) is 0 Å². The molecule has 3 atom stereocenters. The molecule has 0 fully saturated rings. The fourth-order valence-corrected chi connectivity index (χ4v) is 6.02. The quantitative estimate of drug-likeness (QED) is 0.570. The third kappa shape index (κ3) is 6.29. The minimum Gasteiger partial charge on any atom is -0.487 e. The lowest BCUT2D eigenvalue weighted by Crippen LogP contribution is -2.49. The number of benzene rings is 2. The van der Waals surface area contributed by atoms with E-state index in [1.165, 1.54) is 4.31 Å². The number of hydrogen-bond acceptors (Lipinski definition) is 6. The number of sulfonamides is 1. The molecule has 2 aromatic rings. The predicted molar refractivity (Wildman–Crippen MR) is 135 cm³/mol. The number of aliphatic hydroxyl groups is 1. The second kappa shape index (κ2) is 11.3. The Kier molecular flexibility index (Phi) is 8.71. The summed E-state index contributed by atoms with van der Waals surface area (Å²) in [4.78, 5) is 13.3. The van der Waals surface area contributed by atoms with Gasteiger partial charge in [0.25, 0.3) is 0 Å². The number of hydrogen-bond donors (Lipinski definition) is 2. The van der Waals surface area contributed by atoms with E-state index >= 15 is 0 Å². The fraction of sp³-hybridized carbons (Fsp3) is 0.423. The normalized spacial score (nSPS) is 21.2. The van der Waals surface area contributed by atoms with Crippen LogP contribution in [0, 0.1) is 5.92 Å². The third-order valence-corrected chi connectivity index (χ3v) is 8.21. The Morgan fingerprint density at radius 1 is 1.26 bits per heavy atom. The molecule has 1 aliphatic rings. The van der Waals surface area contributed by atoms with E-state index in [9.17, 15) is 18.3 Å². The maximum absolute atomic E-state index is 13.5. The lowest BCUT2D eigenvalue weighted by molar-refractivity contribution is 0.0697. The first-order valence-corrected chi connectivity index (χ1v) is 13.1. The lowest BCUT2D eigenvalue weighted by Gasteiger charge is -2.37. The maximum atomic E-state index is 13.5. The molecule has 0 unspecified atom stereocenters. The van der Waals surface area contributed by atoms with Gasteiger partial charge in [-0.1, -0.05) is 37.3 Å². The van der Waals surface area contributed by atoms with Crippen molar-refractivity contribution in [2.75, 3.05) is 26.7 Å². The van der Waals surface area contributed by atoms with Gasteiger partial charge in [0.15, 0.2) is 0 Å². The standard InChI is InChI=1S/C26H34N2O6S/c1-5-6-20-9-12-25-23(13-20)34-24(18(2)14-28(19(3)17-29)35(25,32)33)16-27(4)15-21-7-10-22(11-8-21)26(30)31/h5-13,18-19,24,29H,14-17H2,1-4H3,(H,30,31)/b6-5+/t18-,19-,24+/m0/s1. The highest BCUT2D eigenvalue weighted by atomic mass is 32.2. The molecule has 0 aliphatic carbocycles. The number of rotatable bonds is 8. The van der Waals surface area contributed by atoms with Crippen molar-refractivity contribution in [3.63, 3.8) is 0 Å².